The molecule has 1 aromatic carbocycles. The number of aromatic nitrogens is 2. The van der Waals surface area contributed by atoms with Crippen molar-refractivity contribution in [2.75, 3.05) is 32.6 Å². The van der Waals surface area contributed by atoms with Gasteiger partial charge in [0.25, 0.3) is 0 Å². The van der Waals surface area contributed by atoms with Crippen molar-refractivity contribution in [3.8, 4) is 21.9 Å². The molecule has 0 unspecified atom stereocenters. The number of amides is 1. The Balaban J connectivity index is 1.60. The first-order chi connectivity index (χ1) is 14.1. The molecule has 0 bridgehead atoms. The predicted octanol–water partition coefficient (Wildman–Crippen LogP) is 3.80. The Hall–Kier alpha value is -2.87. The summed E-state index contributed by atoms with van der Waals surface area (Å²) in [5, 5.41) is 4.50. The molecule has 1 aliphatic rings. The van der Waals surface area contributed by atoms with Crippen LogP contribution in [0.4, 0.5) is 5.82 Å². The standard InChI is InChI=1S/C21H24N4O3S/c1-4-19(26)25-8-7-14(11-25)24-20-15-10-18(29-21(15)23-12-22-20)13-5-6-16(27-2)17(9-13)28-3/h5-6,9-10,12,14H,4,7-8,11H2,1-3H3,(H,22,23,24)/t14-/m0/s1. The summed E-state index contributed by atoms with van der Waals surface area (Å²) >= 11 is 1.61. The molecular formula is C21H24N4O3S. The summed E-state index contributed by atoms with van der Waals surface area (Å²) in [5.41, 5.74) is 1.04. The highest BCUT2D eigenvalue weighted by atomic mass is 32.1. The Bertz CT molecular complexity index is 1040. The Labute approximate surface area is 173 Å². The molecule has 1 saturated heterocycles. The number of carbonyl (C=O) groups excluding carboxylic acids is 1. The van der Waals surface area contributed by atoms with Crippen LogP contribution >= 0.6 is 11.3 Å². The van der Waals surface area contributed by atoms with E-state index in [1.54, 1.807) is 31.9 Å². The van der Waals surface area contributed by atoms with Crippen molar-refractivity contribution in [1.82, 2.24) is 14.9 Å². The van der Waals surface area contributed by atoms with Gasteiger partial charge in [-0.3, -0.25) is 4.79 Å². The number of ether oxygens (including phenoxy) is 2. The summed E-state index contributed by atoms with van der Waals surface area (Å²) in [4.78, 5) is 24.8. The van der Waals surface area contributed by atoms with Crippen molar-refractivity contribution in [1.29, 1.82) is 0 Å². The Morgan fingerprint density at radius 3 is 2.83 bits per heavy atom. The highest BCUT2D eigenvalue weighted by molar-refractivity contribution is 7.21. The number of hydrogen-bond donors (Lipinski definition) is 1. The van der Waals surface area contributed by atoms with Crippen molar-refractivity contribution in [2.45, 2.75) is 25.8 Å². The lowest BCUT2D eigenvalue weighted by molar-refractivity contribution is -0.129. The average Bonchev–Trinajstić information content (AvgIpc) is 3.40. The number of likely N-dealkylation sites (tertiary alicyclic amines) is 1. The second-order valence-corrected chi connectivity index (χ2v) is 7.98. The second-order valence-electron chi connectivity index (χ2n) is 6.94. The average molecular weight is 413 g/mol. The van der Waals surface area contributed by atoms with Gasteiger partial charge in [-0.25, -0.2) is 9.97 Å². The quantitative estimate of drug-likeness (QED) is 0.664. The van der Waals surface area contributed by atoms with Crippen LogP contribution in [0.2, 0.25) is 0 Å². The van der Waals surface area contributed by atoms with E-state index in [-0.39, 0.29) is 11.9 Å². The number of methoxy groups -OCH3 is 2. The molecule has 4 rings (SSSR count). The molecule has 1 N–H and O–H groups in total. The first kappa shape index (κ1) is 19.4. The van der Waals surface area contributed by atoms with Crippen LogP contribution < -0.4 is 14.8 Å². The van der Waals surface area contributed by atoms with Gasteiger partial charge in [-0.2, -0.15) is 0 Å². The van der Waals surface area contributed by atoms with E-state index in [1.807, 2.05) is 30.0 Å². The van der Waals surface area contributed by atoms with Gasteiger partial charge in [-0.05, 0) is 36.2 Å². The summed E-state index contributed by atoms with van der Waals surface area (Å²) in [6.07, 6.45) is 3.05. The van der Waals surface area contributed by atoms with Gasteiger partial charge in [0.1, 0.15) is 17.0 Å². The van der Waals surface area contributed by atoms with E-state index in [9.17, 15) is 4.79 Å². The van der Waals surface area contributed by atoms with Gasteiger partial charge in [0.05, 0.1) is 19.6 Å². The molecule has 0 spiro atoms. The number of benzene rings is 1. The zero-order chi connectivity index (χ0) is 20.4. The van der Waals surface area contributed by atoms with Gasteiger partial charge < -0.3 is 19.7 Å². The summed E-state index contributed by atoms with van der Waals surface area (Å²) in [7, 11) is 3.26. The SMILES string of the molecule is CCC(=O)N1CC[C@H](Nc2ncnc3sc(-c4ccc(OC)c(OC)c4)cc23)C1. The van der Waals surface area contributed by atoms with Crippen LogP contribution in [0.1, 0.15) is 19.8 Å². The van der Waals surface area contributed by atoms with Crippen LogP contribution in [0.5, 0.6) is 11.5 Å². The van der Waals surface area contributed by atoms with E-state index in [0.29, 0.717) is 24.5 Å². The van der Waals surface area contributed by atoms with Crippen molar-refractivity contribution in [3.05, 3.63) is 30.6 Å². The number of nitrogens with one attached hydrogen (secondary N) is 1. The highest BCUT2D eigenvalue weighted by Gasteiger charge is 2.26. The van der Waals surface area contributed by atoms with Gasteiger partial charge >= 0.3 is 0 Å². The number of rotatable bonds is 6. The Morgan fingerprint density at radius 2 is 2.07 bits per heavy atom. The molecule has 152 valence electrons. The van der Waals surface area contributed by atoms with E-state index in [4.69, 9.17) is 9.47 Å². The molecule has 29 heavy (non-hydrogen) atoms. The number of carbonyl (C=O) groups is 1. The van der Waals surface area contributed by atoms with Gasteiger partial charge in [0, 0.05) is 30.4 Å². The molecule has 0 saturated carbocycles. The second kappa shape index (κ2) is 8.24. The van der Waals surface area contributed by atoms with Crippen molar-refractivity contribution in [2.24, 2.45) is 0 Å². The van der Waals surface area contributed by atoms with Crippen molar-refractivity contribution in [3.63, 3.8) is 0 Å². The predicted molar refractivity (Wildman–Crippen MR) is 115 cm³/mol. The fourth-order valence-corrected chi connectivity index (χ4v) is 4.62. The van der Waals surface area contributed by atoms with E-state index >= 15 is 0 Å². The number of anilines is 1. The molecule has 2 aromatic heterocycles. The van der Waals surface area contributed by atoms with E-state index in [0.717, 1.165) is 39.4 Å². The minimum atomic E-state index is 0.202. The molecule has 8 heteroatoms. The maximum Gasteiger partial charge on any atom is 0.222 e. The molecule has 7 nitrogen and oxygen atoms in total. The van der Waals surface area contributed by atoms with Crippen molar-refractivity contribution < 1.29 is 14.3 Å². The van der Waals surface area contributed by atoms with Gasteiger partial charge in [-0.1, -0.05) is 6.92 Å². The minimum absolute atomic E-state index is 0.202. The maximum atomic E-state index is 11.9. The topological polar surface area (TPSA) is 76.6 Å². The minimum Gasteiger partial charge on any atom is -0.493 e. The fraction of sp³-hybridized carbons (Fsp3) is 0.381. The molecule has 0 aliphatic carbocycles. The zero-order valence-corrected chi connectivity index (χ0v) is 17.6. The zero-order valence-electron chi connectivity index (χ0n) is 16.8. The largest absolute Gasteiger partial charge is 0.493 e. The molecular weight excluding hydrogens is 388 g/mol. The number of fused-ring (bicyclic) bond motifs is 1. The molecule has 1 atom stereocenters. The van der Waals surface area contributed by atoms with Gasteiger partial charge in [0.2, 0.25) is 5.91 Å². The summed E-state index contributed by atoms with van der Waals surface area (Å²) < 4.78 is 10.8. The molecule has 0 radical (unpaired) electrons. The third-order valence-corrected chi connectivity index (χ3v) is 6.27. The monoisotopic (exact) mass is 412 g/mol. The van der Waals surface area contributed by atoms with Gasteiger partial charge in [-0.15, -0.1) is 11.3 Å². The first-order valence-corrected chi connectivity index (χ1v) is 10.5. The van der Waals surface area contributed by atoms with Crippen LogP contribution in [-0.4, -0.2) is 54.1 Å². The third kappa shape index (κ3) is 3.85. The lowest BCUT2D eigenvalue weighted by Crippen LogP contribution is -2.31. The molecule has 3 heterocycles. The summed E-state index contributed by atoms with van der Waals surface area (Å²) in [6.45, 7) is 3.40. The van der Waals surface area contributed by atoms with E-state index in [2.05, 4.69) is 21.4 Å². The molecule has 1 aliphatic heterocycles. The number of nitrogens with zero attached hydrogens (tertiary/aromatic N) is 3. The Morgan fingerprint density at radius 1 is 1.24 bits per heavy atom. The Kier molecular flexibility index (Phi) is 5.53. The lowest BCUT2D eigenvalue weighted by Gasteiger charge is -2.16. The number of hydrogen-bond acceptors (Lipinski definition) is 7. The third-order valence-electron chi connectivity index (χ3n) is 5.18. The normalized spacial score (nSPS) is 16.2. The smallest absolute Gasteiger partial charge is 0.222 e. The summed E-state index contributed by atoms with van der Waals surface area (Å²) in [5.74, 6) is 2.41. The van der Waals surface area contributed by atoms with Crippen LogP contribution in [-0.2, 0) is 4.79 Å². The number of thiophene rings is 1. The first-order valence-electron chi connectivity index (χ1n) is 9.64. The fourth-order valence-electron chi connectivity index (χ4n) is 3.62. The van der Waals surface area contributed by atoms with E-state index < -0.39 is 0 Å². The molecule has 1 amide bonds. The van der Waals surface area contributed by atoms with Crippen LogP contribution in [0.3, 0.4) is 0 Å². The van der Waals surface area contributed by atoms with E-state index in [1.165, 1.54) is 0 Å². The van der Waals surface area contributed by atoms with Crippen molar-refractivity contribution >= 4 is 33.3 Å². The highest BCUT2D eigenvalue weighted by Crippen LogP contribution is 2.38. The maximum absolute atomic E-state index is 11.9. The van der Waals surface area contributed by atoms with Crippen LogP contribution in [0, 0.1) is 0 Å². The lowest BCUT2D eigenvalue weighted by atomic mass is 10.1. The summed E-state index contributed by atoms with van der Waals surface area (Å²) in [6, 6.07) is 8.19. The molecule has 3 aromatic rings. The van der Waals surface area contributed by atoms with Crippen LogP contribution in [0.25, 0.3) is 20.7 Å². The molecule has 1 fully saturated rings. The van der Waals surface area contributed by atoms with Crippen LogP contribution in [0.15, 0.2) is 30.6 Å². The van der Waals surface area contributed by atoms with Gasteiger partial charge in [0.15, 0.2) is 11.5 Å².